The number of aromatic nitrogens is 1. The van der Waals surface area contributed by atoms with Crippen molar-refractivity contribution in [3.8, 4) is 0 Å². The maximum atomic E-state index is 7.52. The summed E-state index contributed by atoms with van der Waals surface area (Å²) in [6.07, 6.45) is 3.46. The topological polar surface area (TPSA) is 36.7 Å². The molecule has 0 bridgehead atoms. The zero-order chi connectivity index (χ0) is 7.68. The molecule has 1 aromatic heterocycles. The molecule has 1 N–H and O–H groups in total. The summed E-state index contributed by atoms with van der Waals surface area (Å²) in [5.74, 6) is 0. The van der Waals surface area contributed by atoms with Crippen LogP contribution in [0.3, 0.4) is 0 Å². The standard InChI is InChI=1S/C9H7N2/c10-9-3-1-2-7-4-5-11-6-8(7)9/h1-6,10H. The smallest absolute Gasteiger partial charge is 0.0633 e. The van der Waals surface area contributed by atoms with Crippen LogP contribution in [0.5, 0.6) is 0 Å². The van der Waals surface area contributed by atoms with Gasteiger partial charge in [-0.2, -0.15) is 0 Å². The molecule has 1 heterocycles. The highest BCUT2D eigenvalue weighted by atomic mass is 14.6. The van der Waals surface area contributed by atoms with Gasteiger partial charge in [-0.15, -0.1) is 0 Å². The number of pyridine rings is 1. The predicted octanol–water partition coefficient (Wildman–Crippen LogP) is 2.15. The Morgan fingerprint density at radius 2 is 2.09 bits per heavy atom. The fourth-order valence-electron chi connectivity index (χ4n) is 1.11. The van der Waals surface area contributed by atoms with Crippen molar-refractivity contribution in [3.63, 3.8) is 0 Å². The van der Waals surface area contributed by atoms with E-state index in [4.69, 9.17) is 5.73 Å². The Labute approximate surface area is 64.7 Å². The van der Waals surface area contributed by atoms with Gasteiger partial charge in [0.05, 0.1) is 5.69 Å². The summed E-state index contributed by atoms with van der Waals surface area (Å²) in [5, 5.41) is 1.99. The van der Waals surface area contributed by atoms with Crippen molar-refractivity contribution in [1.29, 1.82) is 0 Å². The van der Waals surface area contributed by atoms with Crippen molar-refractivity contribution in [2.75, 3.05) is 0 Å². The second kappa shape index (κ2) is 2.23. The number of benzene rings is 1. The molecule has 0 aliphatic rings. The van der Waals surface area contributed by atoms with E-state index in [0.717, 1.165) is 10.8 Å². The van der Waals surface area contributed by atoms with Crippen LogP contribution in [0.15, 0.2) is 36.7 Å². The summed E-state index contributed by atoms with van der Waals surface area (Å²) in [6, 6.07) is 7.54. The third kappa shape index (κ3) is 0.923. The molecule has 2 heteroatoms. The van der Waals surface area contributed by atoms with E-state index in [1.165, 1.54) is 0 Å². The molecule has 2 aromatic rings. The maximum Gasteiger partial charge on any atom is 0.0633 e. The van der Waals surface area contributed by atoms with Crippen molar-refractivity contribution in [2.24, 2.45) is 0 Å². The van der Waals surface area contributed by atoms with Gasteiger partial charge in [-0.1, -0.05) is 12.1 Å². The number of fused-ring (bicyclic) bond motifs is 1. The second-order valence-corrected chi connectivity index (χ2v) is 2.40. The minimum Gasteiger partial charge on any atom is -0.300 e. The highest BCUT2D eigenvalue weighted by Gasteiger charge is 1.94. The van der Waals surface area contributed by atoms with E-state index >= 15 is 0 Å². The number of nitrogens with zero attached hydrogens (tertiary/aromatic N) is 1. The highest BCUT2D eigenvalue weighted by Crippen LogP contribution is 2.19. The van der Waals surface area contributed by atoms with Gasteiger partial charge in [0.25, 0.3) is 0 Å². The Bertz CT molecular complexity index is 377. The fourth-order valence-corrected chi connectivity index (χ4v) is 1.11. The van der Waals surface area contributed by atoms with E-state index < -0.39 is 0 Å². The quantitative estimate of drug-likeness (QED) is 0.556. The van der Waals surface area contributed by atoms with Crippen LogP contribution in [0, 0.1) is 0 Å². The highest BCUT2D eigenvalue weighted by molar-refractivity contribution is 5.90. The summed E-state index contributed by atoms with van der Waals surface area (Å²) in [4.78, 5) is 3.95. The Balaban J connectivity index is 2.91. The molecule has 0 saturated heterocycles. The molecular weight excluding hydrogens is 136 g/mol. The van der Waals surface area contributed by atoms with Crippen molar-refractivity contribution in [1.82, 2.24) is 10.7 Å². The number of hydrogen-bond acceptors (Lipinski definition) is 1. The van der Waals surface area contributed by atoms with Crippen molar-refractivity contribution in [2.45, 2.75) is 0 Å². The van der Waals surface area contributed by atoms with Crippen molar-refractivity contribution < 1.29 is 0 Å². The molecular formula is C9H7N2. The molecule has 11 heavy (non-hydrogen) atoms. The summed E-state index contributed by atoms with van der Waals surface area (Å²) >= 11 is 0. The Kier molecular flexibility index (Phi) is 1.25. The van der Waals surface area contributed by atoms with Crippen LogP contribution in [0.1, 0.15) is 0 Å². The molecule has 53 valence electrons. The molecule has 0 amide bonds. The first-order valence-electron chi connectivity index (χ1n) is 3.42. The van der Waals surface area contributed by atoms with Gasteiger partial charge in [0.2, 0.25) is 0 Å². The summed E-state index contributed by atoms with van der Waals surface area (Å²) in [5.41, 5.74) is 8.06. The minimum absolute atomic E-state index is 0.538. The maximum absolute atomic E-state index is 7.52. The first kappa shape index (κ1) is 6.16. The summed E-state index contributed by atoms with van der Waals surface area (Å²) in [6.45, 7) is 0. The van der Waals surface area contributed by atoms with Crippen molar-refractivity contribution >= 4 is 16.5 Å². The molecule has 0 atom stereocenters. The van der Waals surface area contributed by atoms with Gasteiger partial charge in [-0.25, -0.2) is 0 Å². The molecule has 0 aliphatic carbocycles. The van der Waals surface area contributed by atoms with Gasteiger partial charge >= 0.3 is 0 Å². The van der Waals surface area contributed by atoms with Crippen LogP contribution in [-0.4, -0.2) is 4.98 Å². The Morgan fingerprint density at radius 1 is 1.18 bits per heavy atom. The van der Waals surface area contributed by atoms with E-state index in [0.29, 0.717) is 5.69 Å². The molecule has 0 spiro atoms. The number of hydrogen-bond donors (Lipinski definition) is 0. The van der Waals surface area contributed by atoms with Crippen LogP contribution < -0.4 is 5.73 Å². The fraction of sp³-hybridized carbons (Fsp3) is 0. The van der Waals surface area contributed by atoms with Gasteiger partial charge in [-0.3, -0.25) is 4.98 Å². The third-order valence-electron chi connectivity index (χ3n) is 1.68. The molecule has 0 saturated carbocycles. The summed E-state index contributed by atoms with van der Waals surface area (Å²) < 4.78 is 0. The largest absolute Gasteiger partial charge is 0.300 e. The molecule has 1 radical (unpaired) electrons. The zero-order valence-electron chi connectivity index (χ0n) is 5.91. The summed E-state index contributed by atoms with van der Waals surface area (Å²) in [7, 11) is 0. The van der Waals surface area contributed by atoms with E-state index in [1.807, 2.05) is 18.2 Å². The monoisotopic (exact) mass is 143 g/mol. The van der Waals surface area contributed by atoms with Crippen LogP contribution >= 0.6 is 0 Å². The zero-order valence-corrected chi connectivity index (χ0v) is 5.91. The first-order chi connectivity index (χ1) is 5.38. The number of rotatable bonds is 0. The normalized spacial score (nSPS) is 10.2. The molecule has 2 nitrogen and oxygen atoms in total. The van der Waals surface area contributed by atoms with E-state index in [-0.39, 0.29) is 0 Å². The Hall–Kier alpha value is -1.57. The molecule has 2 rings (SSSR count). The molecule has 0 aliphatic heterocycles. The van der Waals surface area contributed by atoms with Crippen LogP contribution in [-0.2, 0) is 0 Å². The Morgan fingerprint density at radius 3 is 2.91 bits per heavy atom. The van der Waals surface area contributed by atoms with E-state index in [9.17, 15) is 0 Å². The average Bonchev–Trinajstić information content (AvgIpc) is 2.06. The van der Waals surface area contributed by atoms with Gasteiger partial charge in [-0.05, 0) is 17.5 Å². The number of nitrogens with one attached hydrogen (secondary N) is 1. The third-order valence-corrected chi connectivity index (χ3v) is 1.68. The lowest BCUT2D eigenvalue weighted by molar-refractivity contribution is 1.36. The molecule has 1 aromatic carbocycles. The van der Waals surface area contributed by atoms with Crippen molar-refractivity contribution in [3.05, 3.63) is 36.7 Å². The van der Waals surface area contributed by atoms with Crippen LogP contribution in [0.25, 0.3) is 10.8 Å². The van der Waals surface area contributed by atoms with Gasteiger partial charge < -0.3 is 5.73 Å². The average molecular weight is 143 g/mol. The van der Waals surface area contributed by atoms with Gasteiger partial charge in [0.15, 0.2) is 0 Å². The lowest BCUT2D eigenvalue weighted by atomic mass is 10.1. The molecule has 0 fully saturated rings. The lowest BCUT2D eigenvalue weighted by Crippen LogP contribution is -1.76. The van der Waals surface area contributed by atoms with Gasteiger partial charge in [0, 0.05) is 17.8 Å². The van der Waals surface area contributed by atoms with Crippen LogP contribution in [0.4, 0.5) is 5.69 Å². The SMILES string of the molecule is [NH]c1cccc2ccncc12. The lowest BCUT2D eigenvalue weighted by Gasteiger charge is -1.97. The first-order valence-corrected chi connectivity index (χ1v) is 3.42. The molecule has 0 unspecified atom stereocenters. The second-order valence-electron chi connectivity index (χ2n) is 2.40. The van der Waals surface area contributed by atoms with Gasteiger partial charge in [0.1, 0.15) is 0 Å². The van der Waals surface area contributed by atoms with Crippen LogP contribution in [0.2, 0.25) is 0 Å². The van der Waals surface area contributed by atoms with E-state index in [1.54, 1.807) is 18.5 Å². The predicted molar refractivity (Wildman–Crippen MR) is 44.5 cm³/mol. The van der Waals surface area contributed by atoms with E-state index in [2.05, 4.69) is 4.98 Å². The minimum atomic E-state index is 0.538.